The van der Waals surface area contributed by atoms with Crippen LogP contribution in [0.5, 0.6) is 0 Å². The van der Waals surface area contributed by atoms with Gasteiger partial charge < -0.3 is 4.90 Å². The molecule has 2 aromatic carbocycles. The lowest BCUT2D eigenvalue weighted by Gasteiger charge is -2.30. The van der Waals surface area contributed by atoms with Crippen LogP contribution in [0.25, 0.3) is 0 Å². The predicted molar refractivity (Wildman–Crippen MR) is 93.1 cm³/mol. The Labute approximate surface area is 146 Å². The van der Waals surface area contributed by atoms with Gasteiger partial charge in [-0.15, -0.1) is 0 Å². The standard InChI is InChI=1S/C21H19F2NO/c1-15-8-10-24(11-9-15)21(25)18-6-4-16(5-7-18)2-3-17-12-19(22)14-20(23)13-17/h4-7,12-15H,8-11H2,1H3. The lowest BCUT2D eigenvalue weighted by molar-refractivity contribution is 0.0697. The zero-order valence-corrected chi connectivity index (χ0v) is 14.1. The Morgan fingerprint density at radius 3 is 2.12 bits per heavy atom. The molecule has 0 bridgehead atoms. The van der Waals surface area contributed by atoms with Crippen LogP contribution in [0.15, 0.2) is 42.5 Å². The smallest absolute Gasteiger partial charge is 0.253 e. The van der Waals surface area contributed by atoms with Crippen molar-refractivity contribution in [3.8, 4) is 11.8 Å². The van der Waals surface area contributed by atoms with Crippen LogP contribution in [0.4, 0.5) is 8.78 Å². The van der Waals surface area contributed by atoms with Crippen LogP contribution in [0, 0.1) is 29.4 Å². The summed E-state index contributed by atoms with van der Waals surface area (Å²) in [6, 6.07) is 10.2. The zero-order valence-electron chi connectivity index (χ0n) is 14.1. The minimum absolute atomic E-state index is 0.0404. The van der Waals surface area contributed by atoms with E-state index in [1.54, 1.807) is 24.3 Å². The van der Waals surface area contributed by atoms with Crippen LogP contribution in [0.3, 0.4) is 0 Å². The monoisotopic (exact) mass is 339 g/mol. The van der Waals surface area contributed by atoms with Crippen molar-refractivity contribution in [1.29, 1.82) is 0 Å². The maximum absolute atomic E-state index is 13.1. The summed E-state index contributed by atoms with van der Waals surface area (Å²) in [5, 5.41) is 0. The number of benzene rings is 2. The fraction of sp³-hybridized carbons (Fsp3) is 0.286. The van der Waals surface area contributed by atoms with E-state index in [9.17, 15) is 13.6 Å². The van der Waals surface area contributed by atoms with Gasteiger partial charge in [-0.05, 0) is 55.2 Å². The number of hydrogen-bond donors (Lipinski definition) is 0. The molecular formula is C21H19F2NO. The van der Waals surface area contributed by atoms with Crippen molar-refractivity contribution in [2.45, 2.75) is 19.8 Å². The van der Waals surface area contributed by atoms with Crippen molar-refractivity contribution in [3.63, 3.8) is 0 Å². The van der Waals surface area contributed by atoms with Gasteiger partial charge in [0.1, 0.15) is 11.6 Å². The largest absolute Gasteiger partial charge is 0.339 e. The van der Waals surface area contributed by atoms with Gasteiger partial charge in [0, 0.05) is 35.8 Å². The summed E-state index contributed by atoms with van der Waals surface area (Å²) in [4.78, 5) is 14.4. The summed E-state index contributed by atoms with van der Waals surface area (Å²) in [5.74, 6) is 5.00. The van der Waals surface area contributed by atoms with Crippen LogP contribution in [0.1, 0.15) is 41.3 Å². The van der Waals surface area contributed by atoms with Gasteiger partial charge in [-0.25, -0.2) is 8.78 Å². The molecule has 0 aliphatic carbocycles. The normalized spacial score (nSPS) is 14.8. The van der Waals surface area contributed by atoms with Crippen LogP contribution in [-0.4, -0.2) is 23.9 Å². The molecule has 0 spiro atoms. The van der Waals surface area contributed by atoms with Gasteiger partial charge in [0.25, 0.3) is 5.91 Å². The maximum Gasteiger partial charge on any atom is 0.253 e. The van der Waals surface area contributed by atoms with E-state index in [0.717, 1.165) is 32.0 Å². The zero-order chi connectivity index (χ0) is 17.8. The van der Waals surface area contributed by atoms with Crippen molar-refractivity contribution >= 4 is 5.91 Å². The number of hydrogen-bond acceptors (Lipinski definition) is 1. The molecular weight excluding hydrogens is 320 g/mol. The summed E-state index contributed by atoms with van der Waals surface area (Å²) < 4.78 is 26.3. The highest BCUT2D eigenvalue weighted by Crippen LogP contribution is 2.18. The number of carbonyl (C=O) groups is 1. The third-order valence-electron chi connectivity index (χ3n) is 4.42. The topological polar surface area (TPSA) is 20.3 Å². The molecule has 1 aliphatic rings. The second kappa shape index (κ2) is 7.48. The third-order valence-corrected chi connectivity index (χ3v) is 4.42. The van der Waals surface area contributed by atoms with E-state index >= 15 is 0 Å². The molecule has 0 radical (unpaired) electrons. The summed E-state index contributed by atoms with van der Waals surface area (Å²) in [7, 11) is 0. The molecule has 4 heteroatoms. The van der Waals surface area contributed by atoms with Crippen molar-refractivity contribution in [3.05, 3.63) is 70.8 Å². The number of amides is 1. The first kappa shape index (κ1) is 17.2. The quantitative estimate of drug-likeness (QED) is 0.712. The molecule has 1 heterocycles. The molecule has 128 valence electrons. The molecule has 2 nitrogen and oxygen atoms in total. The Morgan fingerprint density at radius 1 is 0.960 bits per heavy atom. The van der Waals surface area contributed by atoms with Gasteiger partial charge >= 0.3 is 0 Å². The molecule has 0 aromatic heterocycles. The Kier molecular flexibility index (Phi) is 5.14. The first-order chi connectivity index (χ1) is 12.0. The minimum atomic E-state index is -0.652. The first-order valence-electron chi connectivity index (χ1n) is 8.39. The highest BCUT2D eigenvalue weighted by atomic mass is 19.1. The molecule has 0 N–H and O–H groups in total. The summed E-state index contributed by atoms with van der Waals surface area (Å²) in [6.07, 6.45) is 2.08. The number of rotatable bonds is 1. The third kappa shape index (κ3) is 4.45. The molecule has 1 saturated heterocycles. The lowest BCUT2D eigenvalue weighted by atomic mass is 9.98. The van der Waals surface area contributed by atoms with Gasteiger partial charge in [0.2, 0.25) is 0 Å². The van der Waals surface area contributed by atoms with Crippen molar-refractivity contribution in [2.24, 2.45) is 5.92 Å². The fourth-order valence-corrected chi connectivity index (χ4v) is 2.86. The molecule has 3 rings (SSSR count). The summed E-state index contributed by atoms with van der Waals surface area (Å²) in [6.45, 7) is 3.80. The molecule has 1 fully saturated rings. The lowest BCUT2D eigenvalue weighted by Crippen LogP contribution is -2.37. The highest BCUT2D eigenvalue weighted by molar-refractivity contribution is 5.94. The van der Waals surface area contributed by atoms with Crippen LogP contribution < -0.4 is 0 Å². The van der Waals surface area contributed by atoms with Crippen molar-refractivity contribution in [1.82, 2.24) is 4.90 Å². The van der Waals surface area contributed by atoms with Crippen LogP contribution in [0.2, 0.25) is 0 Å². The van der Waals surface area contributed by atoms with Gasteiger partial charge in [-0.2, -0.15) is 0 Å². The molecule has 1 aliphatic heterocycles. The van der Waals surface area contributed by atoms with Crippen LogP contribution >= 0.6 is 0 Å². The van der Waals surface area contributed by atoms with Gasteiger partial charge in [0.05, 0.1) is 0 Å². The number of carbonyl (C=O) groups excluding carboxylic acids is 1. The van der Waals surface area contributed by atoms with E-state index in [-0.39, 0.29) is 11.5 Å². The van der Waals surface area contributed by atoms with E-state index in [1.807, 2.05) is 4.90 Å². The van der Waals surface area contributed by atoms with E-state index in [4.69, 9.17) is 0 Å². The number of nitrogens with zero attached hydrogens (tertiary/aromatic N) is 1. The second-order valence-corrected chi connectivity index (χ2v) is 6.46. The maximum atomic E-state index is 13.1. The average Bonchev–Trinajstić information content (AvgIpc) is 2.60. The number of likely N-dealkylation sites (tertiary alicyclic amines) is 1. The average molecular weight is 339 g/mol. The molecule has 0 unspecified atom stereocenters. The van der Waals surface area contributed by atoms with E-state index < -0.39 is 11.6 Å². The molecule has 1 amide bonds. The van der Waals surface area contributed by atoms with E-state index in [0.29, 0.717) is 17.0 Å². The molecule has 25 heavy (non-hydrogen) atoms. The first-order valence-corrected chi connectivity index (χ1v) is 8.39. The SMILES string of the molecule is CC1CCN(C(=O)c2ccc(C#Cc3cc(F)cc(F)c3)cc2)CC1. The Morgan fingerprint density at radius 2 is 1.52 bits per heavy atom. The van der Waals surface area contributed by atoms with Crippen LogP contribution in [-0.2, 0) is 0 Å². The number of halogens is 2. The fourth-order valence-electron chi connectivity index (χ4n) is 2.86. The Bertz CT molecular complexity index is 805. The van der Waals surface area contributed by atoms with Gasteiger partial charge in [0.15, 0.2) is 0 Å². The van der Waals surface area contributed by atoms with Crippen molar-refractivity contribution in [2.75, 3.05) is 13.1 Å². The van der Waals surface area contributed by atoms with Gasteiger partial charge in [-0.1, -0.05) is 18.8 Å². The van der Waals surface area contributed by atoms with Gasteiger partial charge in [-0.3, -0.25) is 4.79 Å². The van der Waals surface area contributed by atoms with E-state index in [1.165, 1.54) is 12.1 Å². The number of piperidine rings is 1. The Balaban J connectivity index is 1.70. The Hall–Kier alpha value is -2.67. The molecule has 2 aromatic rings. The van der Waals surface area contributed by atoms with E-state index in [2.05, 4.69) is 18.8 Å². The van der Waals surface area contributed by atoms with Crippen molar-refractivity contribution < 1.29 is 13.6 Å². The second-order valence-electron chi connectivity index (χ2n) is 6.46. The summed E-state index contributed by atoms with van der Waals surface area (Å²) in [5.41, 5.74) is 1.60. The molecule has 0 saturated carbocycles. The minimum Gasteiger partial charge on any atom is -0.339 e. The highest BCUT2D eigenvalue weighted by Gasteiger charge is 2.21. The molecule has 0 atom stereocenters. The summed E-state index contributed by atoms with van der Waals surface area (Å²) >= 11 is 0. The predicted octanol–water partition coefficient (Wildman–Crippen LogP) is 4.24.